The highest BCUT2D eigenvalue weighted by molar-refractivity contribution is 5.51. The van der Waals surface area contributed by atoms with E-state index in [1.165, 1.54) is 12.0 Å². The van der Waals surface area contributed by atoms with Crippen LogP contribution in [0.1, 0.15) is 35.8 Å². The van der Waals surface area contributed by atoms with Crippen LogP contribution >= 0.6 is 0 Å². The van der Waals surface area contributed by atoms with Crippen LogP contribution in [-0.4, -0.2) is 11.1 Å². The van der Waals surface area contributed by atoms with Gasteiger partial charge in [-0.25, -0.2) is 0 Å². The zero-order chi connectivity index (χ0) is 9.00. The Kier molecular flexibility index (Phi) is 1.29. The molecule has 13 heavy (non-hydrogen) atoms. The number of nitrogens with two attached hydrogens (primary N) is 1. The summed E-state index contributed by atoms with van der Waals surface area (Å²) in [6.45, 7) is 0. The van der Waals surface area contributed by atoms with E-state index in [0.29, 0.717) is 17.6 Å². The predicted molar refractivity (Wildman–Crippen MR) is 50.8 cm³/mol. The number of hydrogen-bond acceptors (Lipinski definition) is 2. The van der Waals surface area contributed by atoms with E-state index in [1.54, 1.807) is 6.07 Å². The smallest absolute Gasteiger partial charge is 0.119 e. The monoisotopic (exact) mass is 175 g/mol. The summed E-state index contributed by atoms with van der Waals surface area (Å²) < 4.78 is 0. The third kappa shape index (κ3) is 0.767. The average Bonchev–Trinajstić information content (AvgIpc) is 2.61. The second-order valence-electron chi connectivity index (χ2n) is 4.15. The molecule has 0 aromatic heterocycles. The molecule has 3 rings (SSSR count). The lowest BCUT2D eigenvalue weighted by atomic mass is 9.91. The van der Waals surface area contributed by atoms with Crippen LogP contribution in [-0.2, 0) is 0 Å². The highest BCUT2D eigenvalue weighted by Gasteiger charge is 2.44. The van der Waals surface area contributed by atoms with E-state index in [9.17, 15) is 5.11 Å². The molecule has 1 fully saturated rings. The Morgan fingerprint density at radius 2 is 2.00 bits per heavy atom. The Morgan fingerprint density at radius 1 is 1.23 bits per heavy atom. The van der Waals surface area contributed by atoms with E-state index in [2.05, 4.69) is 6.07 Å². The Hall–Kier alpha value is -1.02. The van der Waals surface area contributed by atoms with Gasteiger partial charge in [-0.1, -0.05) is 12.1 Å². The Morgan fingerprint density at radius 3 is 2.77 bits per heavy atom. The van der Waals surface area contributed by atoms with Gasteiger partial charge in [-0.2, -0.15) is 0 Å². The van der Waals surface area contributed by atoms with Gasteiger partial charge in [0.2, 0.25) is 0 Å². The van der Waals surface area contributed by atoms with E-state index >= 15 is 0 Å². The molecule has 0 spiro atoms. The van der Waals surface area contributed by atoms with Gasteiger partial charge in [0, 0.05) is 23.4 Å². The van der Waals surface area contributed by atoms with E-state index < -0.39 is 0 Å². The maximum absolute atomic E-state index is 9.72. The molecule has 2 aliphatic carbocycles. The number of benzene rings is 1. The van der Waals surface area contributed by atoms with Crippen molar-refractivity contribution >= 4 is 0 Å². The maximum Gasteiger partial charge on any atom is 0.119 e. The summed E-state index contributed by atoms with van der Waals surface area (Å²) >= 11 is 0. The molecule has 0 saturated heterocycles. The van der Waals surface area contributed by atoms with Crippen molar-refractivity contribution in [2.24, 2.45) is 5.73 Å². The SMILES string of the molecule is N[C@@H]1C2CCC1c1c(O)cccc12. The van der Waals surface area contributed by atoms with Crippen molar-refractivity contribution in [1.29, 1.82) is 0 Å². The van der Waals surface area contributed by atoms with Crippen molar-refractivity contribution in [3.63, 3.8) is 0 Å². The zero-order valence-electron chi connectivity index (χ0n) is 7.40. The number of hydrogen-bond donors (Lipinski definition) is 2. The van der Waals surface area contributed by atoms with Gasteiger partial charge in [-0.3, -0.25) is 0 Å². The van der Waals surface area contributed by atoms with Gasteiger partial charge in [-0.05, 0) is 24.5 Å². The summed E-state index contributed by atoms with van der Waals surface area (Å²) in [6, 6.07) is 6.05. The minimum Gasteiger partial charge on any atom is -0.508 e. The van der Waals surface area contributed by atoms with Crippen molar-refractivity contribution in [3.05, 3.63) is 29.3 Å². The lowest BCUT2D eigenvalue weighted by molar-refractivity contribution is 0.460. The molecule has 68 valence electrons. The molecule has 1 aromatic carbocycles. The molecule has 2 unspecified atom stereocenters. The van der Waals surface area contributed by atoms with Gasteiger partial charge in [0.05, 0.1) is 0 Å². The first-order chi connectivity index (χ1) is 6.29. The molecule has 0 radical (unpaired) electrons. The lowest BCUT2D eigenvalue weighted by Crippen LogP contribution is -2.22. The number of rotatable bonds is 0. The largest absolute Gasteiger partial charge is 0.508 e. The molecular formula is C11H13NO. The van der Waals surface area contributed by atoms with Gasteiger partial charge in [-0.15, -0.1) is 0 Å². The van der Waals surface area contributed by atoms with Gasteiger partial charge in [0.25, 0.3) is 0 Å². The summed E-state index contributed by atoms with van der Waals surface area (Å²) in [5.74, 6) is 1.37. The van der Waals surface area contributed by atoms with Crippen molar-refractivity contribution in [2.45, 2.75) is 30.7 Å². The van der Waals surface area contributed by atoms with Crippen LogP contribution in [0.4, 0.5) is 0 Å². The van der Waals surface area contributed by atoms with Crippen LogP contribution in [0.15, 0.2) is 18.2 Å². The van der Waals surface area contributed by atoms with Crippen LogP contribution in [0.25, 0.3) is 0 Å². The molecule has 0 aliphatic heterocycles. The van der Waals surface area contributed by atoms with Crippen LogP contribution in [0.3, 0.4) is 0 Å². The molecular weight excluding hydrogens is 162 g/mol. The highest BCUT2D eigenvalue weighted by atomic mass is 16.3. The molecule has 3 atom stereocenters. The summed E-state index contributed by atoms with van der Waals surface area (Å²) in [4.78, 5) is 0. The fourth-order valence-electron chi connectivity index (χ4n) is 3.02. The molecule has 0 amide bonds. The fraction of sp³-hybridized carbons (Fsp3) is 0.455. The molecule has 2 heteroatoms. The second-order valence-corrected chi connectivity index (χ2v) is 4.15. The third-order valence-corrected chi connectivity index (χ3v) is 3.61. The number of fused-ring (bicyclic) bond motifs is 5. The van der Waals surface area contributed by atoms with E-state index in [4.69, 9.17) is 5.73 Å². The topological polar surface area (TPSA) is 46.2 Å². The third-order valence-electron chi connectivity index (χ3n) is 3.61. The number of phenolic OH excluding ortho intramolecular Hbond substituents is 1. The zero-order valence-corrected chi connectivity index (χ0v) is 7.40. The molecule has 0 heterocycles. The van der Waals surface area contributed by atoms with E-state index in [1.807, 2.05) is 6.07 Å². The standard InChI is InChI=1S/C11H13NO/c12-11-7-4-5-8(11)10-6(7)2-1-3-9(10)13/h1-3,7-8,11,13H,4-5,12H2/t7?,8?,11-/m1/s1. The minimum absolute atomic E-state index is 0.253. The molecule has 1 aromatic rings. The molecule has 2 aliphatic rings. The van der Waals surface area contributed by atoms with Gasteiger partial charge < -0.3 is 10.8 Å². The number of aromatic hydroxyl groups is 1. The van der Waals surface area contributed by atoms with Crippen molar-refractivity contribution in [3.8, 4) is 5.75 Å². The van der Waals surface area contributed by atoms with E-state index in [0.717, 1.165) is 12.0 Å². The van der Waals surface area contributed by atoms with Gasteiger partial charge in [0.15, 0.2) is 0 Å². The number of phenols is 1. The normalized spacial score (nSPS) is 35.0. The van der Waals surface area contributed by atoms with Crippen molar-refractivity contribution < 1.29 is 5.11 Å². The van der Waals surface area contributed by atoms with Crippen molar-refractivity contribution in [1.82, 2.24) is 0 Å². The van der Waals surface area contributed by atoms with Crippen LogP contribution in [0.2, 0.25) is 0 Å². The average molecular weight is 175 g/mol. The highest BCUT2D eigenvalue weighted by Crippen LogP contribution is 2.54. The van der Waals surface area contributed by atoms with Gasteiger partial charge >= 0.3 is 0 Å². The Balaban J connectivity index is 2.24. The van der Waals surface area contributed by atoms with Crippen LogP contribution in [0.5, 0.6) is 5.75 Å². The van der Waals surface area contributed by atoms with Gasteiger partial charge in [0.1, 0.15) is 5.75 Å². The van der Waals surface area contributed by atoms with Crippen LogP contribution < -0.4 is 5.73 Å². The Labute approximate surface area is 77.4 Å². The van der Waals surface area contributed by atoms with E-state index in [-0.39, 0.29) is 6.04 Å². The minimum atomic E-state index is 0.253. The first-order valence-electron chi connectivity index (χ1n) is 4.86. The predicted octanol–water partition coefficient (Wildman–Crippen LogP) is 1.69. The molecule has 2 nitrogen and oxygen atoms in total. The quantitative estimate of drug-likeness (QED) is 0.630. The molecule has 1 saturated carbocycles. The summed E-state index contributed by atoms with van der Waals surface area (Å²) in [5, 5.41) is 9.72. The van der Waals surface area contributed by atoms with Crippen molar-refractivity contribution in [2.75, 3.05) is 0 Å². The first-order valence-corrected chi connectivity index (χ1v) is 4.86. The molecule has 2 bridgehead atoms. The first kappa shape index (κ1) is 7.39. The fourth-order valence-corrected chi connectivity index (χ4v) is 3.02. The summed E-state index contributed by atoms with van der Waals surface area (Å²) in [7, 11) is 0. The lowest BCUT2D eigenvalue weighted by Gasteiger charge is -2.14. The molecule has 3 N–H and O–H groups in total. The summed E-state index contributed by atoms with van der Waals surface area (Å²) in [5.41, 5.74) is 8.52. The second kappa shape index (κ2) is 2.26. The maximum atomic E-state index is 9.72. The Bertz CT molecular complexity index is 361. The summed E-state index contributed by atoms with van der Waals surface area (Å²) in [6.07, 6.45) is 2.35. The van der Waals surface area contributed by atoms with Crippen LogP contribution in [0, 0.1) is 0 Å².